The molecule has 0 bridgehead atoms. The minimum Gasteiger partial charge on any atom is -0.353 e. The maximum absolute atomic E-state index is 11.6. The summed E-state index contributed by atoms with van der Waals surface area (Å²) in [4.78, 5) is 7.71. The minimum atomic E-state index is -2.88. The second-order valence-corrected chi connectivity index (χ2v) is 8.63. The van der Waals surface area contributed by atoms with Gasteiger partial charge < -0.3 is 10.6 Å². The standard InChI is InChI=1S/C13H20N4O2S2/c1-2-10(14)9-11-12(15-13-17(11)3-6-20-13)16-4-7-21(18,19)8-5-16/h3,6,10H,2,4-5,7-9,14H2,1H3. The van der Waals surface area contributed by atoms with Crippen LogP contribution in [0.3, 0.4) is 0 Å². The highest BCUT2D eigenvalue weighted by atomic mass is 32.2. The highest BCUT2D eigenvalue weighted by Gasteiger charge is 2.26. The molecule has 8 heteroatoms. The van der Waals surface area contributed by atoms with E-state index in [-0.39, 0.29) is 17.5 Å². The van der Waals surface area contributed by atoms with Crippen molar-refractivity contribution in [3.8, 4) is 0 Å². The number of rotatable bonds is 4. The van der Waals surface area contributed by atoms with Crippen molar-refractivity contribution < 1.29 is 8.42 Å². The van der Waals surface area contributed by atoms with Crippen molar-refractivity contribution in [3.63, 3.8) is 0 Å². The average Bonchev–Trinajstić information content (AvgIpc) is 3.01. The second kappa shape index (κ2) is 5.58. The van der Waals surface area contributed by atoms with E-state index in [4.69, 9.17) is 5.73 Å². The Kier molecular flexibility index (Phi) is 3.94. The number of fused-ring (bicyclic) bond motifs is 1. The van der Waals surface area contributed by atoms with Gasteiger partial charge in [0, 0.05) is 37.1 Å². The predicted molar refractivity (Wildman–Crippen MR) is 85.9 cm³/mol. The number of aromatic nitrogens is 2. The van der Waals surface area contributed by atoms with Crippen molar-refractivity contribution in [2.45, 2.75) is 25.8 Å². The fourth-order valence-corrected chi connectivity index (χ4v) is 4.51. The molecule has 0 aromatic carbocycles. The third kappa shape index (κ3) is 2.93. The van der Waals surface area contributed by atoms with Crippen molar-refractivity contribution in [1.29, 1.82) is 0 Å². The normalized spacial score (nSPS) is 20.0. The number of hydrogen-bond donors (Lipinski definition) is 1. The Morgan fingerprint density at radius 1 is 1.43 bits per heavy atom. The molecule has 21 heavy (non-hydrogen) atoms. The zero-order chi connectivity index (χ0) is 15.0. The molecule has 1 unspecified atom stereocenters. The van der Waals surface area contributed by atoms with Crippen LogP contribution in [0, 0.1) is 0 Å². The van der Waals surface area contributed by atoms with E-state index < -0.39 is 9.84 Å². The van der Waals surface area contributed by atoms with Crippen LogP contribution in [0.1, 0.15) is 19.0 Å². The van der Waals surface area contributed by atoms with Gasteiger partial charge in [-0.3, -0.25) is 4.40 Å². The summed E-state index contributed by atoms with van der Waals surface area (Å²) < 4.78 is 25.3. The molecule has 1 saturated heterocycles. The van der Waals surface area contributed by atoms with Crippen molar-refractivity contribution in [2.75, 3.05) is 29.5 Å². The van der Waals surface area contributed by atoms with Gasteiger partial charge >= 0.3 is 0 Å². The predicted octanol–water partition coefficient (Wildman–Crippen LogP) is 0.910. The molecule has 0 radical (unpaired) electrons. The van der Waals surface area contributed by atoms with E-state index >= 15 is 0 Å². The summed E-state index contributed by atoms with van der Waals surface area (Å²) >= 11 is 1.59. The Hall–Kier alpha value is -1.12. The Bertz CT molecular complexity index is 721. The van der Waals surface area contributed by atoms with E-state index in [0.717, 1.165) is 29.3 Å². The Morgan fingerprint density at radius 3 is 2.81 bits per heavy atom. The van der Waals surface area contributed by atoms with Crippen LogP contribution in [-0.4, -0.2) is 48.4 Å². The maximum atomic E-state index is 11.6. The number of sulfone groups is 1. The topological polar surface area (TPSA) is 80.7 Å². The molecule has 0 saturated carbocycles. The number of anilines is 1. The number of hydrogen-bond acceptors (Lipinski definition) is 6. The van der Waals surface area contributed by atoms with Crippen molar-refractivity contribution in [1.82, 2.24) is 9.38 Å². The molecule has 2 N–H and O–H groups in total. The first kappa shape index (κ1) is 14.8. The Balaban J connectivity index is 1.94. The Labute approximate surface area is 128 Å². The molecule has 1 fully saturated rings. The molecular formula is C13H20N4O2S2. The van der Waals surface area contributed by atoms with Gasteiger partial charge in [0.05, 0.1) is 17.2 Å². The van der Waals surface area contributed by atoms with Crippen LogP contribution in [0.25, 0.3) is 4.96 Å². The van der Waals surface area contributed by atoms with Gasteiger partial charge in [-0.25, -0.2) is 13.4 Å². The second-order valence-electron chi connectivity index (χ2n) is 5.45. The maximum Gasteiger partial charge on any atom is 0.195 e. The van der Waals surface area contributed by atoms with Gasteiger partial charge in [0.25, 0.3) is 0 Å². The lowest BCUT2D eigenvalue weighted by Gasteiger charge is -2.28. The smallest absolute Gasteiger partial charge is 0.195 e. The lowest BCUT2D eigenvalue weighted by atomic mass is 10.1. The summed E-state index contributed by atoms with van der Waals surface area (Å²) in [7, 11) is -2.88. The molecule has 3 heterocycles. The zero-order valence-corrected chi connectivity index (χ0v) is 13.7. The van der Waals surface area contributed by atoms with Gasteiger partial charge in [0.2, 0.25) is 0 Å². The first-order chi connectivity index (χ1) is 10.00. The van der Waals surface area contributed by atoms with Crippen molar-refractivity contribution in [2.24, 2.45) is 5.73 Å². The van der Waals surface area contributed by atoms with Crippen LogP contribution in [0.5, 0.6) is 0 Å². The first-order valence-electron chi connectivity index (χ1n) is 7.15. The van der Waals surface area contributed by atoms with E-state index in [2.05, 4.69) is 21.2 Å². The first-order valence-corrected chi connectivity index (χ1v) is 9.85. The molecule has 0 amide bonds. The monoisotopic (exact) mass is 328 g/mol. The van der Waals surface area contributed by atoms with Crippen molar-refractivity contribution in [3.05, 3.63) is 17.3 Å². The molecular weight excluding hydrogens is 308 g/mol. The van der Waals surface area contributed by atoms with E-state index in [1.54, 1.807) is 11.3 Å². The summed E-state index contributed by atoms with van der Waals surface area (Å²) in [5.74, 6) is 1.31. The quantitative estimate of drug-likeness (QED) is 0.902. The van der Waals surface area contributed by atoms with Gasteiger partial charge in [-0.1, -0.05) is 6.92 Å². The van der Waals surface area contributed by atoms with E-state index in [0.29, 0.717) is 13.1 Å². The Morgan fingerprint density at radius 2 is 2.14 bits per heavy atom. The minimum absolute atomic E-state index is 0.0945. The number of nitrogens with two attached hydrogens (primary N) is 1. The summed E-state index contributed by atoms with van der Waals surface area (Å²) in [5.41, 5.74) is 7.21. The fraction of sp³-hybridized carbons (Fsp3) is 0.615. The molecule has 2 aromatic rings. The fourth-order valence-electron chi connectivity index (χ4n) is 2.58. The van der Waals surface area contributed by atoms with Gasteiger partial charge in [-0.15, -0.1) is 11.3 Å². The summed E-state index contributed by atoms with van der Waals surface area (Å²) in [6.45, 7) is 3.10. The van der Waals surface area contributed by atoms with E-state index in [1.807, 2.05) is 11.6 Å². The van der Waals surface area contributed by atoms with Crippen LogP contribution < -0.4 is 10.6 Å². The van der Waals surface area contributed by atoms with Gasteiger partial charge in [0.1, 0.15) is 0 Å². The SMILES string of the molecule is CCC(N)Cc1c(N2CCS(=O)(=O)CC2)nc2sccn12. The van der Waals surface area contributed by atoms with Gasteiger partial charge in [-0.2, -0.15) is 0 Å². The highest BCUT2D eigenvalue weighted by molar-refractivity contribution is 7.91. The van der Waals surface area contributed by atoms with E-state index in [1.165, 1.54) is 0 Å². The lowest BCUT2D eigenvalue weighted by Crippen LogP contribution is -2.41. The summed E-state index contributed by atoms with van der Waals surface area (Å²) in [5, 5.41) is 2.01. The summed E-state index contributed by atoms with van der Waals surface area (Å²) in [6.07, 6.45) is 3.67. The van der Waals surface area contributed by atoms with Crippen molar-refractivity contribution >= 4 is 32.0 Å². The third-order valence-corrected chi connectivity index (χ3v) is 6.33. The molecule has 3 rings (SSSR count). The number of nitrogens with zero attached hydrogens (tertiary/aromatic N) is 3. The molecule has 6 nitrogen and oxygen atoms in total. The van der Waals surface area contributed by atoms with Crippen LogP contribution in [0.4, 0.5) is 5.82 Å². The number of thiazole rings is 1. The molecule has 1 atom stereocenters. The summed E-state index contributed by atoms with van der Waals surface area (Å²) in [6, 6.07) is 0.0945. The lowest BCUT2D eigenvalue weighted by molar-refractivity contribution is 0.585. The van der Waals surface area contributed by atoms with Crippen LogP contribution in [0.2, 0.25) is 0 Å². The van der Waals surface area contributed by atoms with Gasteiger partial charge in [0.15, 0.2) is 20.6 Å². The van der Waals surface area contributed by atoms with Crippen LogP contribution >= 0.6 is 11.3 Å². The zero-order valence-electron chi connectivity index (χ0n) is 12.0. The molecule has 1 aliphatic heterocycles. The number of imidazole rings is 1. The third-order valence-electron chi connectivity index (χ3n) is 3.96. The molecule has 116 valence electrons. The van der Waals surface area contributed by atoms with E-state index in [9.17, 15) is 8.42 Å². The molecule has 0 spiro atoms. The van der Waals surface area contributed by atoms with Crippen LogP contribution in [-0.2, 0) is 16.3 Å². The molecule has 0 aliphatic carbocycles. The average molecular weight is 328 g/mol. The largest absolute Gasteiger partial charge is 0.353 e. The van der Waals surface area contributed by atoms with Gasteiger partial charge in [-0.05, 0) is 6.42 Å². The highest BCUT2D eigenvalue weighted by Crippen LogP contribution is 2.27. The molecule has 2 aromatic heterocycles. The van der Waals surface area contributed by atoms with Crippen LogP contribution in [0.15, 0.2) is 11.6 Å². The molecule has 1 aliphatic rings.